The van der Waals surface area contributed by atoms with E-state index in [1.54, 1.807) is 17.0 Å². The van der Waals surface area contributed by atoms with Crippen LogP contribution >= 0.6 is 11.3 Å². The normalized spacial score (nSPS) is 14.0. The molecule has 1 aromatic carbocycles. The summed E-state index contributed by atoms with van der Waals surface area (Å²) >= 11 is 1.52. The number of anilines is 1. The first-order valence-corrected chi connectivity index (χ1v) is 8.96. The summed E-state index contributed by atoms with van der Waals surface area (Å²) in [6.07, 6.45) is 1.49. The van der Waals surface area contributed by atoms with Crippen molar-refractivity contribution in [3.8, 4) is 5.75 Å². The minimum absolute atomic E-state index is 0.144. The third kappa shape index (κ3) is 4.36. The summed E-state index contributed by atoms with van der Waals surface area (Å²) < 4.78 is 10.7. The van der Waals surface area contributed by atoms with E-state index in [0.717, 1.165) is 34.2 Å². The summed E-state index contributed by atoms with van der Waals surface area (Å²) in [7, 11) is 0. The number of aromatic nitrogens is 1. The second-order valence-electron chi connectivity index (χ2n) is 5.83. The van der Waals surface area contributed by atoms with Crippen LogP contribution in [0.4, 0.5) is 5.69 Å². The Balaban J connectivity index is 1.47. The van der Waals surface area contributed by atoms with Crippen LogP contribution in [0.15, 0.2) is 24.3 Å². The standard InChI is InChI=1S/C18H20N2O4S/c1-12-16(25-13(2)19-12)10-24-18(22)11-23-15-7-5-14(6-8-15)20-9-3-4-17(20)21/h5-8H,3-4,9-11H2,1-2H3. The maximum atomic E-state index is 11.8. The lowest BCUT2D eigenvalue weighted by molar-refractivity contribution is -0.147. The Hall–Kier alpha value is -2.41. The van der Waals surface area contributed by atoms with E-state index < -0.39 is 5.97 Å². The number of carbonyl (C=O) groups excluding carboxylic acids is 2. The van der Waals surface area contributed by atoms with Crippen molar-refractivity contribution in [3.63, 3.8) is 0 Å². The average molecular weight is 360 g/mol. The van der Waals surface area contributed by atoms with E-state index in [-0.39, 0.29) is 19.1 Å². The second-order valence-corrected chi connectivity index (χ2v) is 7.12. The maximum absolute atomic E-state index is 11.8. The van der Waals surface area contributed by atoms with Gasteiger partial charge in [-0.15, -0.1) is 11.3 Å². The molecular weight excluding hydrogens is 340 g/mol. The minimum atomic E-state index is -0.427. The number of hydrogen-bond acceptors (Lipinski definition) is 6. The molecule has 3 rings (SSSR count). The quantitative estimate of drug-likeness (QED) is 0.741. The first kappa shape index (κ1) is 17.4. The lowest BCUT2D eigenvalue weighted by atomic mass is 10.3. The Kier molecular flexibility index (Phi) is 5.33. The molecule has 1 aromatic heterocycles. The molecule has 0 spiro atoms. The van der Waals surface area contributed by atoms with Crippen LogP contribution in [0, 0.1) is 13.8 Å². The van der Waals surface area contributed by atoms with E-state index in [1.807, 2.05) is 26.0 Å². The molecule has 1 amide bonds. The van der Waals surface area contributed by atoms with Gasteiger partial charge in [0.25, 0.3) is 0 Å². The van der Waals surface area contributed by atoms with Gasteiger partial charge in [-0.25, -0.2) is 9.78 Å². The molecule has 7 heteroatoms. The number of amides is 1. The SMILES string of the molecule is Cc1nc(C)c(COC(=O)COc2ccc(N3CCCC3=O)cc2)s1. The van der Waals surface area contributed by atoms with Gasteiger partial charge in [0, 0.05) is 18.7 Å². The van der Waals surface area contributed by atoms with Crippen molar-refractivity contribution in [2.24, 2.45) is 0 Å². The molecule has 0 saturated carbocycles. The summed E-state index contributed by atoms with van der Waals surface area (Å²) in [6.45, 7) is 4.64. The zero-order chi connectivity index (χ0) is 17.8. The largest absolute Gasteiger partial charge is 0.482 e. The molecule has 1 aliphatic rings. The molecule has 0 unspecified atom stereocenters. The first-order chi connectivity index (χ1) is 12.0. The molecule has 2 heterocycles. The topological polar surface area (TPSA) is 68.7 Å². The van der Waals surface area contributed by atoms with E-state index in [0.29, 0.717) is 12.2 Å². The number of nitrogens with zero attached hydrogens (tertiary/aromatic N) is 2. The van der Waals surface area contributed by atoms with Crippen LogP contribution < -0.4 is 9.64 Å². The predicted octanol–water partition coefficient (Wildman–Crippen LogP) is 3.01. The number of carbonyl (C=O) groups is 2. The van der Waals surface area contributed by atoms with E-state index in [9.17, 15) is 9.59 Å². The van der Waals surface area contributed by atoms with E-state index >= 15 is 0 Å². The van der Waals surface area contributed by atoms with Gasteiger partial charge in [-0.05, 0) is 44.5 Å². The molecule has 0 aliphatic carbocycles. The first-order valence-electron chi connectivity index (χ1n) is 8.14. The van der Waals surface area contributed by atoms with Crippen molar-refractivity contribution in [2.45, 2.75) is 33.3 Å². The molecule has 1 saturated heterocycles. The van der Waals surface area contributed by atoms with Gasteiger partial charge in [0.15, 0.2) is 6.61 Å². The Morgan fingerprint density at radius 1 is 1.28 bits per heavy atom. The van der Waals surface area contributed by atoms with Crippen LogP contribution in [-0.2, 0) is 20.9 Å². The number of rotatable bonds is 6. The van der Waals surface area contributed by atoms with Gasteiger partial charge in [-0.3, -0.25) is 4.79 Å². The van der Waals surface area contributed by atoms with Crippen molar-refractivity contribution in [1.82, 2.24) is 4.98 Å². The number of aryl methyl sites for hydroxylation is 2. The van der Waals surface area contributed by atoms with Crippen molar-refractivity contribution in [2.75, 3.05) is 18.1 Å². The van der Waals surface area contributed by atoms with Crippen molar-refractivity contribution < 1.29 is 19.1 Å². The minimum Gasteiger partial charge on any atom is -0.482 e. The number of hydrogen-bond donors (Lipinski definition) is 0. The molecule has 0 bridgehead atoms. The number of ether oxygens (including phenoxy) is 2. The zero-order valence-electron chi connectivity index (χ0n) is 14.3. The Morgan fingerprint density at radius 3 is 2.64 bits per heavy atom. The summed E-state index contributed by atoms with van der Waals surface area (Å²) in [5, 5.41) is 0.955. The highest BCUT2D eigenvalue weighted by atomic mass is 32.1. The van der Waals surface area contributed by atoms with Crippen LogP contribution in [0.2, 0.25) is 0 Å². The third-order valence-corrected chi connectivity index (χ3v) is 4.99. The molecule has 132 valence electrons. The number of thiazole rings is 1. The monoisotopic (exact) mass is 360 g/mol. The third-order valence-electron chi connectivity index (χ3n) is 3.94. The molecule has 1 fully saturated rings. The Labute approximate surface area is 150 Å². The number of esters is 1. The van der Waals surface area contributed by atoms with Crippen molar-refractivity contribution >= 4 is 28.9 Å². The molecule has 0 atom stereocenters. The van der Waals surface area contributed by atoms with Crippen LogP contribution in [0.1, 0.15) is 28.4 Å². The van der Waals surface area contributed by atoms with Crippen molar-refractivity contribution in [1.29, 1.82) is 0 Å². The predicted molar refractivity (Wildman–Crippen MR) is 94.9 cm³/mol. The van der Waals surface area contributed by atoms with Gasteiger partial charge < -0.3 is 14.4 Å². The zero-order valence-corrected chi connectivity index (χ0v) is 15.1. The Morgan fingerprint density at radius 2 is 2.04 bits per heavy atom. The second kappa shape index (κ2) is 7.65. The van der Waals surface area contributed by atoms with Crippen LogP contribution in [-0.4, -0.2) is 30.0 Å². The Bertz CT molecular complexity index is 770. The smallest absolute Gasteiger partial charge is 0.344 e. The summed E-state index contributed by atoms with van der Waals surface area (Å²) in [5.41, 5.74) is 1.75. The van der Waals surface area contributed by atoms with E-state index in [4.69, 9.17) is 9.47 Å². The van der Waals surface area contributed by atoms with Gasteiger partial charge in [0.1, 0.15) is 12.4 Å². The molecule has 0 N–H and O–H groups in total. The van der Waals surface area contributed by atoms with Crippen LogP contribution in [0.5, 0.6) is 5.75 Å². The average Bonchev–Trinajstić information content (AvgIpc) is 3.16. The highest BCUT2D eigenvalue weighted by Gasteiger charge is 2.21. The number of benzene rings is 1. The van der Waals surface area contributed by atoms with Gasteiger partial charge >= 0.3 is 5.97 Å². The van der Waals surface area contributed by atoms with E-state index in [1.165, 1.54) is 11.3 Å². The summed E-state index contributed by atoms with van der Waals surface area (Å²) in [6, 6.07) is 7.16. The molecule has 6 nitrogen and oxygen atoms in total. The highest BCUT2D eigenvalue weighted by Crippen LogP contribution is 2.24. The van der Waals surface area contributed by atoms with Gasteiger partial charge in [0.2, 0.25) is 5.91 Å². The molecular formula is C18H20N2O4S. The lowest BCUT2D eigenvalue weighted by Crippen LogP contribution is -2.23. The maximum Gasteiger partial charge on any atom is 0.344 e. The molecule has 2 aromatic rings. The highest BCUT2D eigenvalue weighted by molar-refractivity contribution is 7.11. The molecule has 0 radical (unpaired) electrons. The molecule has 1 aliphatic heterocycles. The summed E-state index contributed by atoms with van der Waals surface area (Å²) in [4.78, 5) is 30.5. The van der Waals surface area contributed by atoms with Crippen LogP contribution in [0.3, 0.4) is 0 Å². The fourth-order valence-corrected chi connectivity index (χ4v) is 3.53. The fraction of sp³-hybridized carbons (Fsp3) is 0.389. The summed E-state index contributed by atoms with van der Waals surface area (Å²) in [5.74, 6) is 0.284. The van der Waals surface area contributed by atoms with Gasteiger partial charge in [0.05, 0.1) is 15.6 Å². The van der Waals surface area contributed by atoms with Gasteiger partial charge in [-0.1, -0.05) is 0 Å². The van der Waals surface area contributed by atoms with E-state index in [2.05, 4.69) is 4.98 Å². The van der Waals surface area contributed by atoms with Crippen LogP contribution in [0.25, 0.3) is 0 Å². The lowest BCUT2D eigenvalue weighted by Gasteiger charge is -2.16. The fourth-order valence-electron chi connectivity index (χ4n) is 2.68. The molecule has 25 heavy (non-hydrogen) atoms. The van der Waals surface area contributed by atoms with Gasteiger partial charge in [-0.2, -0.15) is 0 Å². The van der Waals surface area contributed by atoms with Crippen molar-refractivity contribution in [3.05, 3.63) is 39.8 Å².